The van der Waals surface area contributed by atoms with Crippen molar-refractivity contribution in [2.45, 2.75) is 166 Å². The van der Waals surface area contributed by atoms with Crippen molar-refractivity contribution in [3.05, 3.63) is 72.1 Å². The zero-order chi connectivity index (χ0) is 46.9. The molecular formula is C54H78N8O5. The van der Waals surface area contributed by atoms with E-state index in [1.807, 2.05) is 13.8 Å². The maximum atomic E-state index is 14.4. The molecule has 4 amide bonds. The summed E-state index contributed by atoms with van der Waals surface area (Å²) in [4.78, 5) is 59.3. The van der Waals surface area contributed by atoms with Crippen LogP contribution in [-0.4, -0.2) is 119 Å². The highest BCUT2D eigenvalue weighted by molar-refractivity contribution is 5.91. The van der Waals surface area contributed by atoms with Gasteiger partial charge in [-0.3, -0.25) is 19.2 Å². The number of hydrogen-bond acceptors (Lipinski definition) is 7. The standard InChI is InChI=1S/C54H78N8O5/c1-37(55-3)51(63)57-49(39-17-7-5-8-18-39)53(65)61-27-15-21-43(61)33-41-35-59(47-25-13-11-23-45(41)47)29-31-67-32-30-60-36-42(46-24-12-14-26-48(46)60)34-44-22-16-28-62(44)54(66)50(40-19-9-6-10-20-40)58-52(64)38(2)56-4/h11-14,23-26,35-40,43-44,49-50,55-56H,5-10,15-22,27-34H2,1-4H3,(H,57,63)(H,58,64)/t37-,38-,43-,44-,49-,50-/m0/s1. The van der Waals surface area contributed by atoms with Gasteiger partial charge in [0.15, 0.2) is 0 Å². The van der Waals surface area contributed by atoms with Crippen molar-refractivity contribution in [3.63, 3.8) is 0 Å². The maximum Gasteiger partial charge on any atom is 0.245 e. The van der Waals surface area contributed by atoms with Gasteiger partial charge in [-0.15, -0.1) is 0 Å². The Morgan fingerprint density at radius 2 is 0.970 bits per heavy atom. The lowest BCUT2D eigenvalue weighted by atomic mass is 9.83. The Bertz CT molecular complexity index is 2130. The molecule has 0 bridgehead atoms. The summed E-state index contributed by atoms with van der Waals surface area (Å²) in [7, 11) is 3.56. The molecule has 2 saturated carbocycles. The summed E-state index contributed by atoms with van der Waals surface area (Å²) in [5.74, 6) is 0.303. The quantitative estimate of drug-likeness (QED) is 0.0722. The number of rotatable bonds is 20. The molecule has 4 heterocycles. The second kappa shape index (κ2) is 23.1. The average molecular weight is 919 g/mol. The van der Waals surface area contributed by atoms with Gasteiger partial charge in [0.05, 0.1) is 25.3 Å². The van der Waals surface area contributed by atoms with Crippen LogP contribution in [0.1, 0.15) is 115 Å². The molecule has 0 unspecified atom stereocenters. The van der Waals surface area contributed by atoms with E-state index in [1.54, 1.807) is 14.1 Å². The predicted octanol–water partition coefficient (Wildman–Crippen LogP) is 6.73. The summed E-state index contributed by atoms with van der Waals surface area (Å²) in [6.07, 6.45) is 20.7. The SMILES string of the molecule is CN[C@@H](C)C(=O)N[C@H](C(=O)N1CCC[C@H]1Cc1cn(CCOCCn2cc(C[C@@H]3CCCN3C(=O)[C@@H](NC(=O)[C@H](C)NC)C3CCCCC3)c3ccccc32)c2ccccc12)C1CCCCC1. The van der Waals surface area contributed by atoms with Crippen LogP contribution in [0.4, 0.5) is 0 Å². The van der Waals surface area contributed by atoms with E-state index in [4.69, 9.17) is 4.74 Å². The second-order valence-electron chi connectivity index (χ2n) is 20.2. The molecule has 364 valence electrons. The van der Waals surface area contributed by atoms with Gasteiger partial charge >= 0.3 is 0 Å². The van der Waals surface area contributed by atoms with Gasteiger partial charge in [-0.25, -0.2) is 0 Å². The van der Waals surface area contributed by atoms with E-state index in [0.717, 1.165) is 103 Å². The molecule has 6 atom stereocenters. The number of nitrogens with one attached hydrogen (secondary N) is 4. The molecule has 2 aliphatic heterocycles. The number of para-hydroxylation sites is 2. The first-order chi connectivity index (χ1) is 32.6. The molecule has 13 heteroatoms. The van der Waals surface area contributed by atoms with Crippen molar-refractivity contribution in [2.24, 2.45) is 11.8 Å². The topological polar surface area (TPSA) is 142 Å². The summed E-state index contributed by atoms with van der Waals surface area (Å²) in [6, 6.07) is 15.6. The van der Waals surface area contributed by atoms with Crippen LogP contribution < -0.4 is 21.3 Å². The van der Waals surface area contributed by atoms with E-state index < -0.39 is 12.1 Å². The molecule has 13 nitrogen and oxygen atoms in total. The van der Waals surface area contributed by atoms with Crippen LogP contribution in [0.2, 0.25) is 0 Å². The van der Waals surface area contributed by atoms with Gasteiger partial charge in [-0.05, 0) is 127 Å². The fourth-order valence-corrected chi connectivity index (χ4v) is 11.8. The molecule has 0 radical (unpaired) electrons. The maximum absolute atomic E-state index is 14.4. The molecule has 67 heavy (non-hydrogen) atoms. The minimum Gasteiger partial charge on any atom is -0.378 e. The number of ether oxygens (including phenoxy) is 1. The zero-order valence-electron chi connectivity index (χ0n) is 40.8. The molecule has 4 aromatic rings. The molecular weight excluding hydrogens is 841 g/mol. The second-order valence-corrected chi connectivity index (χ2v) is 20.2. The molecule has 0 spiro atoms. The summed E-state index contributed by atoms with van der Waals surface area (Å²) in [5, 5.41) is 14.9. The van der Waals surface area contributed by atoms with Gasteiger partial charge in [0, 0.05) is 72.5 Å². The first-order valence-electron chi connectivity index (χ1n) is 25.9. The number of fused-ring (bicyclic) bond motifs is 2. The van der Waals surface area contributed by atoms with Crippen molar-refractivity contribution >= 4 is 45.4 Å². The third kappa shape index (κ3) is 11.4. The van der Waals surface area contributed by atoms with Crippen molar-refractivity contribution in [3.8, 4) is 0 Å². The van der Waals surface area contributed by atoms with Crippen molar-refractivity contribution < 1.29 is 23.9 Å². The number of aromatic nitrogens is 2. The molecule has 4 fully saturated rings. The number of nitrogens with zero attached hydrogens (tertiary/aromatic N) is 4. The van der Waals surface area contributed by atoms with E-state index in [9.17, 15) is 19.2 Å². The highest BCUT2D eigenvalue weighted by Gasteiger charge is 2.40. The molecule has 8 rings (SSSR count). The number of carbonyl (C=O) groups is 4. The number of amides is 4. The molecule has 2 aromatic carbocycles. The molecule has 4 N–H and O–H groups in total. The Morgan fingerprint density at radius 3 is 1.37 bits per heavy atom. The average Bonchev–Trinajstić information content (AvgIpc) is 4.18. The molecule has 2 saturated heterocycles. The largest absolute Gasteiger partial charge is 0.378 e. The van der Waals surface area contributed by atoms with Gasteiger partial charge in [0.2, 0.25) is 23.6 Å². The van der Waals surface area contributed by atoms with Crippen LogP contribution >= 0.6 is 0 Å². The highest BCUT2D eigenvalue weighted by atomic mass is 16.5. The van der Waals surface area contributed by atoms with E-state index in [2.05, 4.69) is 101 Å². The van der Waals surface area contributed by atoms with E-state index in [1.165, 1.54) is 45.8 Å². The summed E-state index contributed by atoms with van der Waals surface area (Å²) >= 11 is 0. The lowest BCUT2D eigenvalue weighted by molar-refractivity contribution is -0.139. The number of likely N-dealkylation sites (N-methyl/N-ethyl adjacent to an activating group) is 2. The van der Waals surface area contributed by atoms with E-state index >= 15 is 0 Å². The third-order valence-corrected chi connectivity index (χ3v) is 15.9. The zero-order valence-corrected chi connectivity index (χ0v) is 40.8. The Balaban J connectivity index is 0.890. The van der Waals surface area contributed by atoms with Crippen LogP contribution in [0, 0.1) is 11.8 Å². The third-order valence-electron chi connectivity index (χ3n) is 15.9. The first-order valence-corrected chi connectivity index (χ1v) is 25.9. The van der Waals surface area contributed by atoms with E-state index in [0.29, 0.717) is 26.3 Å². The lowest BCUT2D eigenvalue weighted by Crippen LogP contribution is -2.56. The monoisotopic (exact) mass is 919 g/mol. The minimum atomic E-state index is -0.481. The van der Waals surface area contributed by atoms with Gasteiger partial charge in [-0.2, -0.15) is 0 Å². The minimum absolute atomic E-state index is 0.0849. The Hall–Kier alpha value is -4.72. The normalized spacial score (nSPS) is 21.4. The smallest absolute Gasteiger partial charge is 0.245 e. The van der Waals surface area contributed by atoms with Gasteiger partial charge < -0.3 is 44.9 Å². The predicted molar refractivity (Wildman–Crippen MR) is 266 cm³/mol. The fourth-order valence-electron chi connectivity index (χ4n) is 11.8. The molecule has 2 aliphatic carbocycles. The van der Waals surface area contributed by atoms with Gasteiger partial charge in [-0.1, -0.05) is 74.9 Å². The summed E-state index contributed by atoms with van der Waals surface area (Å²) in [5.41, 5.74) is 4.83. The highest BCUT2D eigenvalue weighted by Crippen LogP contribution is 2.34. The van der Waals surface area contributed by atoms with Crippen molar-refractivity contribution in [1.82, 2.24) is 40.2 Å². The summed E-state index contributed by atoms with van der Waals surface area (Å²) in [6.45, 7) is 7.71. The van der Waals surface area contributed by atoms with Crippen molar-refractivity contribution in [2.75, 3.05) is 40.4 Å². The van der Waals surface area contributed by atoms with Gasteiger partial charge in [0.25, 0.3) is 0 Å². The lowest BCUT2D eigenvalue weighted by Gasteiger charge is -2.35. The number of likely N-dealkylation sites (tertiary alicyclic amines) is 2. The van der Waals surface area contributed by atoms with Crippen LogP contribution in [0.5, 0.6) is 0 Å². The first kappa shape index (κ1) is 48.7. The van der Waals surface area contributed by atoms with E-state index in [-0.39, 0.29) is 59.6 Å². The Morgan fingerprint density at radius 1 is 0.567 bits per heavy atom. The summed E-state index contributed by atoms with van der Waals surface area (Å²) < 4.78 is 11.0. The van der Waals surface area contributed by atoms with Gasteiger partial charge in [0.1, 0.15) is 12.1 Å². The Kier molecular flexibility index (Phi) is 16.8. The van der Waals surface area contributed by atoms with Crippen LogP contribution in [-0.2, 0) is 49.8 Å². The molecule has 4 aliphatic rings. The fraction of sp³-hybridized carbons (Fsp3) is 0.630. The Labute approximate surface area is 398 Å². The number of hydrogen-bond donors (Lipinski definition) is 4. The number of carbonyl (C=O) groups excluding carboxylic acids is 4. The molecule has 2 aromatic heterocycles. The van der Waals surface area contributed by atoms with Crippen molar-refractivity contribution in [1.29, 1.82) is 0 Å². The van der Waals surface area contributed by atoms with Crippen LogP contribution in [0.15, 0.2) is 60.9 Å². The van der Waals surface area contributed by atoms with Crippen LogP contribution in [0.3, 0.4) is 0 Å². The van der Waals surface area contributed by atoms with Crippen LogP contribution in [0.25, 0.3) is 21.8 Å². The number of benzene rings is 2.